The van der Waals surface area contributed by atoms with Gasteiger partial charge in [0, 0.05) is 29.5 Å². The summed E-state index contributed by atoms with van der Waals surface area (Å²) in [5, 5.41) is 6.50. The van der Waals surface area contributed by atoms with Crippen LogP contribution in [0.15, 0.2) is 72.9 Å². The van der Waals surface area contributed by atoms with Crippen LogP contribution in [0.1, 0.15) is 116 Å². The fourth-order valence-electron chi connectivity index (χ4n) is 8.38. The van der Waals surface area contributed by atoms with E-state index in [9.17, 15) is 18.4 Å². The van der Waals surface area contributed by atoms with Gasteiger partial charge in [0.1, 0.15) is 17.5 Å². The van der Waals surface area contributed by atoms with Crippen LogP contribution in [-0.2, 0) is 21.5 Å². The molecule has 1 saturated carbocycles. The van der Waals surface area contributed by atoms with Crippen LogP contribution in [0.2, 0.25) is 0 Å². The number of carbonyl (C=O) groups is 2. The van der Waals surface area contributed by atoms with Gasteiger partial charge in [-0.2, -0.15) is 0 Å². The number of nitrogens with one attached hydrogen (secondary N) is 2. The molecule has 8 rings (SSSR count). The summed E-state index contributed by atoms with van der Waals surface area (Å²) in [5.41, 5.74) is 6.13. The van der Waals surface area contributed by atoms with Crippen LogP contribution in [-0.4, -0.2) is 44.8 Å². The fraction of sp³-hybridized carbons (Fsp3) is 0.386. The molecule has 3 aliphatic rings. The van der Waals surface area contributed by atoms with Crippen molar-refractivity contribution < 1.29 is 22.8 Å². The number of fused-ring (bicyclic) bond motifs is 1. The molecule has 4 heterocycles. The van der Waals surface area contributed by atoms with Crippen molar-refractivity contribution >= 4 is 28.5 Å². The Bertz CT molecular complexity index is 2290. The van der Waals surface area contributed by atoms with Crippen molar-refractivity contribution in [3.05, 3.63) is 118 Å². The molecule has 0 spiro atoms. The van der Waals surface area contributed by atoms with E-state index in [1.54, 1.807) is 20.0 Å². The first-order valence-corrected chi connectivity index (χ1v) is 19.2. The first kappa shape index (κ1) is 36.8. The van der Waals surface area contributed by atoms with Crippen molar-refractivity contribution in [2.45, 2.75) is 95.6 Å². The third kappa shape index (κ3) is 7.46. The molecule has 1 aliphatic carbocycles. The molecule has 0 unspecified atom stereocenters. The van der Waals surface area contributed by atoms with Crippen LogP contribution >= 0.6 is 0 Å². The smallest absolute Gasteiger partial charge is 0.266 e. The summed E-state index contributed by atoms with van der Waals surface area (Å²) in [6.45, 7) is 8.20. The Kier molecular flexibility index (Phi) is 9.92. The van der Waals surface area contributed by atoms with E-state index in [1.807, 2.05) is 25.1 Å². The normalized spacial score (nSPS) is 20.2. The van der Waals surface area contributed by atoms with Gasteiger partial charge in [-0.1, -0.05) is 54.6 Å². The number of aryl methyl sites for hydroxylation is 1. The first-order valence-electron chi connectivity index (χ1n) is 19.2. The van der Waals surface area contributed by atoms with Crippen LogP contribution in [0.5, 0.6) is 0 Å². The maximum Gasteiger partial charge on any atom is 0.266 e. The molecule has 11 heteroatoms. The molecule has 0 radical (unpaired) electrons. The zero-order valence-corrected chi connectivity index (χ0v) is 31.3. The van der Waals surface area contributed by atoms with Gasteiger partial charge in [-0.25, -0.2) is 23.1 Å². The summed E-state index contributed by atoms with van der Waals surface area (Å²) >= 11 is 0. The standard InChI is InChI=1S/C44H45F3N6O2/c1-25(32-8-5-9-34(40(32)45)41(46)47)49-42-36-22-37(48-23-38(36)50-26(2)51-42)30-7-4-6-27(20-30)24-53-18-15-29(16-19-53)33-13-12-31(21-35(33)28-10-11-28)44(3)17-14-39(54)52-43(44)55/h4-9,12-13,20-23,25,28-29,41H,10-11,14-19,24H2,1-3H3,(H,49,50,51)(H,52,54,55)/t25-,44-/m1/s1. The van der Waals surface area contributed by atoms with Gasteiger partial charge in [0.2, 0.25) is 11.8 Å². The molecule has 2 aromatic heterocycles. The van der Waals surface area contributed by atoms with Gasteiger partial charge in [-0.15, -0.1) is 0 Å². The van der Waals surface area contributed by atoms with Crippen LogP contribution in [0.4, 0.5) is 19.0 Å². The van der Waals surface area contributed by atoms with Gasteiger partial charge in [-0.3, -0.25) is 24.8 Å². The highest BCUT2D eigenvalue weighted by atomic mass is 19.3. The summed E-state index contributed by atoms with van der Waals surface area (Å²) in [7, 11) is 0. The predicted molar refractivity (Wildman–Crippen MR) is 206 cm³/mol. The number of likely N-dealkylation sites (tertiary alicyclic amines) is 1. The number of piperidine rings is 2. The summed E-state index contributed by atoms with van der Waals surface area (Å²) in [6, 6.07) is 20.3. The number of rotatable bonds is 10. The monoisotopic (exact) mass is 746 g/mol. The highest BCUT2D eigenvalue weighted by Gasteiger charge is 2.41. The maximum atomic E-state index is 15.0. The Hall–Kier alpha value is -5.16. The number of benzene rings is 3. The van der Waals surface area contributed by atoms with E-state index in [-0.39, 0.29) is 17.4 Å². The van der Waals surface area contributed by atoms with E-state index < -0.39 is 29.3 Å². The number of pyridine rings is 1. The van der Waals surface area contributed by atoms with Crippen molar-refractivity contribution in [2.75, 3.05) is 18.4 Å². The molecule has 3 fully saturated rings. The second-order valence-corrected chi connectivity index (χ2v) is 15.7. The molecule has 2 N–H and O–H groups in total. The van der Waals surface area contributed by atoms with Gasteiger partial charge in [0.25, 0.3) is 6.43 Å². The molecule has 55 heavy (non-hydrogen) atoms. The number of nitrogens with zero attached hydrogens (tertiary/aromatic N) is 4. The lowest BCUT2D eigenvalue weighted by Gasteiger charge is -2.35. The lowest BCUT2D eigenvalue weighted by atomic mass is 9.73. The minimum Gasteiger partial charge on any atom is -0.363 e. The molecular formula is C44H45F3N6O2. The number of hydrogen-bond acceptors (Lipinski definition) is 7. The number of hydrogen-bond donors (Lipinski definition) is 2. The van der Waals surface area contributed by atoms with Gasteiger partial charge < -0.3 is 5.32 Å². The number of imide groups is 1. The summed E-state index contributed by atoms with van der Waals surface area (Å²) in [4.78, 5) is 41.2. The predicted octanol–water partition coefficient (Wildman–Crippen LogP) is 9.20. The molecular weight excluding hydrogens is 702 g/mol. The molecule has 2 amide bonds. The van der Waals surface area contributed by atoms with Crippen LogP contribution in [0, 0.1) is 12.7 Å². The molecule has 2 saturated heterocycles. The zero-order valence-electron chi connectivity index (χ0n) is 31.3. The zero-order chi connectivity index (χ0) is 38.4. The number of amides is 2. The number of anilines is 1. The molecule has 284 valence electrons. The summed E-state index contributed by atoms with van der Waals surface area (Å²) < 4.78 is 41.9. The lowest BCUT2D eigenvalue weighted by molar-refractivity contribution is -0.137. The number of carbonyl (C=O) groups excluding carboxylic acids is 2. The van der Waals surface area contributed by atoms with Crippen LogP contribution in [0.3, 0.4) is 0 Å². The van der Waals surface area contributed by atoms with Crippen LogP contribution < -0.4 is 10.6 Å². The van der Waals surface area contributed by atoms with Crippen molar-refractivity contribution in [2.24, 2.45) is 0 Å². The minimum atomic E-state index is -2.91. The van der Waals surface area contributed by atoms with E-state index in [1.165, 1.54) is 41.7 Å². The average Bonchev–Trinajstić information content (AvgIpc) is 4.02. The van der Waals surface area contributed by atoms with Gasteiger partial charge in [0.05, 0.1) is 34.4 Å². The SMILES string of the molecule is Cc1nc(N[C@H](C)c2cccc(C(F)F)c2F)c2cc(-c3cccc(CN4CCC(c5ccc([C@@]6(C)CCC(=O)NC6=O)cc5C5CC5)CC4)c3)ncc2n1. The van der Waals surface area contributed by atoms with E-state index in [0.29, 0.717) is 47.2 Å². The first-order chi connectivity index (χ1) is 26.5. The molecule has 5 aromatic rings. The van der Waals surface area contributed by atoms with Crippen LogP contribution in [0.25, 0.3) is 22.2 Å². The lowest BCUT2D eigenvalue weighted by Crippen LogP contribution is -2.49. The minimum absolute atomic E-state index is 0.133. The largest absolute Gasteiger partial charge is 0.363 e. The quantitative estimate of drug-likeness (QED) is 0.138. The summed E-state index contributed by atoms with van der Waals surface area (Å²) in [6.07, 6.45) is 4.17. The Balaban J connectivity index is 0.964. The third-order valence-electron chi connectivity index (χ3n) is 11.8. The van der Waals surface area contributed by atoms with Gasteiger partial charge in [-0.05, 0) is 112 Å². The molecule has 0 bridgehead atoms. The maximum absolute atomic E-state index is 15.0. The van der Waals surface area contributed by atoms with Crippen molar-refractivity contribution in [3.63, 3.8) is 0 Å². The van der Waals surface area contributed by atoms with Gasteiger partial charge in [0.15, 0.2) is 0 Å². The molecule has 3 aromatic carbocycles. The number of halogens is 3. The van der Waals surface area contributed by atoms with Gasteiger partial charge >= 0.3 is 0 Å². The van der Waals surface area contributed by atoms with Crippen molar-refractivity contribution in [1.82, 2.24) is 25.2 Å². The van der Waals surface area contributed by atoms with E-state index in [2.05, 4.69) is 55.8 Å². The Morgan fingerprint density at radius 2 is 1.67 bits per heavy atom. The number of aromatic nitrogens is 3. The van der Waals surface area contributed by atoms with Crippen molar-refractivity contribution in [3.8, 4) is 11.3 Å². The molecule has 2 atom stereocenters. The Labute approximate surface area is 319 Å². The highest BCUT2D eigenvalue weighted by Crippen LogP contribution is 2.47. The van der Waals surface area contributed by atoms with Crippen molar-refractivity contribution in [1.29, 1.82) is 0 Å². The number of alkyl halides is 2. The van der Waals surface area contributed by atoms with E-state index in [4.69, 9.17) is 4.98 Å². The molecule has 2 aliphatic heterocycles. The second-order valence-electron chi connectivity index (χ2n) is 15.7. The topological polar surface area (TPSA) is 100 Å². The van der Waals surface area contributed by atoms with E-state index >= 15 is 4.39 Å². The average molecular weight is 747 g/mol. The second kappa shape index (κ2) is 14.8. The highest BCUT2D eigenvalue weighted by molar-refractivity contribution is 6.03. The Morgan fingerprint density at radius 3 is 2.42 bits per heavy atom. The Morgan fingerprint density at radius 1 is 0.927 bits per heavy atom. The molecule has 8 nitrogen and oxygen atoms in total. The fourth-order valence-corrected chi connectivity index (χ4v) is 8.38. The third-order valence-corrected chi connectivity index (χ3v) is 11.8. The summed E-state index contributed by atoms with van der Waals surface area (Å²) in [5.74, 6) is 0.687. The van der Waals surface area contributed by atoms with E-state index in [0.717, 1.165) is 55.4 Å².